The first kappa shape index (κ1) is 9.99. The Bertz CT molecular complexity index is 220. The first-order chi connectivity index (χ1) is 6.22. The third-order valence-corrected chi connectivity index (χ3v) is 1.73. The van der Waals surface area contributed by atoms with Crippen LogP contribution in [0, 0.1) is 0 Å². The minimum Gasteiger partial charge on any atom is -0.456 e. The van der Waals surface area contributed by atoms with Crippen molar-refractivity contribution in [3.05, 3.63) is 24.8 Å². The maximum Gasteiger partial charge on any atom is 0.303 e. The molecule has 72 valence electrons. The van der Waals surface area contributed by atoms with E-state index in [1.807, 2.05) is 12.2 Å². The maximum atomic E-state index is 10.6. The van der Waals surface area contributed by atoms with Gasteiger partial charge in [0.2, 0.25) is 0 Å². The molecule has 13 heavy (non-hydrogen) atoms. The third-order valence-electron chi connectivity index (χ3n) is 1.73. The molecular formula is C10H14O3. The Morgan fingerprint density at radius 1 is 1.77 bits per heavy atom. The highest BCUT2D eigenvalue weighted by atomic mass is 16.6. The van der Waals surface area contributed by atoms with Crippen molar-refractivity contribution in [3.8, 4) is 0 Å². The molecule has 0 aromatic rings. The summed E-state index contributed by atoms with van der Waals surface area (Å²) >= 11 is 0. The zero-order valence-electron chi connectivity index (χ0n) is 7.73. The highest BCUT2D eigenvalue weighted by Crippen LogP contribution is 2.11. The molecule has 2 atom stereocenters. The highest BCUT2D eigenvalue weighted by molar-refractivity contribution is 5.66. The monoisotopic (exact) mass is 182 g/mol. The van der Waals surface area contributed by atoms with Gasteiger partial charge in [0.15, 0.2) is 0 Å². The molecular weight excluding hydrogens is 168 g/mol. The number of hydrogen-bond donors (Lipinski definition) is 0. The van der Waals surface area contributed by atoms with Crippen LogP contribution in [-0.4, -0.2) is 24.8 Å². The van der Waals surface area contributed by atoms with Crippen molar-refractivity contribution in [1.82, 2.24) is 0 Å². The summed E-state index contributed by atoms with van der Waals surface area (Å²) < 4.78 is 10.3. The lowest BCUT2D eigenvalue weighted by atomic mass is 10.1. The van der Waals surface area contributed by atoms with E-state index in [1.165, 1.54) is 6.92 Å². The molecule has 0 aromatic carbocycles. The molecule has 1 aliphatic rings. The van der Waals surface area contributed by atoms with Gasteiger partial charge in [-0.05, 0) is 12.5 Å². The molecule has 0 bridgehead atoms. The second-order valence-electron chi connectivity index (χ2n) is 2.93. The van der Waals surface area contributed by atoms with Gasteiger partial charge in [-0.15, -0.1) is 6.58 Å². The van der Waals surface area contributed by atoms with Crippen molar-refractivity contribution >= 4 is 5.97 Å². The third kappa shape index (κ3) is 3.42. The Morgan fingerprint density at radius 3 is 3.00 bits per heavy atom. The number of hydrogen-bond acceptors (Lipinski definition) is 3. The number of rotatable bonds is 3. The molecule has 1 heterocycles. The van der Waals surface area contributed by atoms with Crippen LogP contribution in [0.15, 0.2) is 24.8 Å². The van der Waals surface area contributed by atoms with E-state index in [4.69, 9.17) is 9.47 Å². The molecule has 0 radical (unpaired) electrons. The summed E-state index contributed by atoms with van der Waals surface area (Å²) in [7, 11) is 0. The van der Waals surface area contributed by atoms with E-state index < -0.39 is 0 Å². The van der Waals surface area contributed by atoms with E-state index in [0.717, 1.165) is 6.42 Å². The van der Waals surface area contributed by atoms with Crippen molar-refractivity contribution < 1.29 is 14.3 Å². The minimum atomic E-state index is -0.277. The maximum absolute atomic E-state index is 10.6. The molecule has 0 aromatic heterocycles. The van der Waals surface area contributed by atoms with Gasteiger partial charge in [0.05, 0.1) is 12.7 Å². The Kier molecular flexibility index (Phi) is 3.71. The summed E-state index contributed by atoms with van der Waals surface area (Å²) in [6, 6.07) is 0. The number of carbonyl (C=O) groups excluding carboxylic acids is 1. The van der Waals surface area contributed by atoms with Gasteiger partial charge in [-0.2, -0.15) is 0 Å². The zero-order valence-corrected chi connectivity index (χ0v) is 7.73. The lowest BCUT2D eigenvalue weighted by molar-refractivity contribution is -0.147. The second kappa shape index (κ2) is 4.82. The molecule has 3 nitrogen and oxygen atoms in total. The predicted molar refractivity (Wildman–Crippen MR) is 49.2 cm³/mol. The van der Waals surface area contributed by atoms with Gasteiger partial charge >= 0.3 is 5.97 Å². The van der Waals surface area contributed by atoms with Crippen LogP contribution >= 0.6 is 0 Å². The molecule has 0 saturated carbocycles. The van der Waals surface area contributed by atoms with Crippen LogP contribution in [0.25, 0.3) is 0 Å². The lowest BCUT2D eigenvalue weighted by Gasteiger charge is -2.22. The Labute approximate surface area is 78.0 Å². The minimum absolute atomic E-state index is 0.0873. The lowest BCUT2D eigenvalue weighted by Crippen LogP contribution is -2.27. The van der Waals surface area contributed by atoms with Crippen LogP contribution < -0.4 is 0 Å². The summed E-state index contributed by atoms with van der Waals surface area (Å²) in [5.74, 6) is -0.277. The fraction of sp³-hybridized carbons (Fsp3) is 0.500. The van der Waals surface area contributed by atoms with Crippen molar-refractivity contribution in [2.75, 3.05) is 6.61 Å². The van der Waals surface area contributed by atoms with Crippen LogP contribution in [0.5, 0.6) is 0 Å². The van der Waals surface area contributed by atoms with Crippen LogP contribution in [0.3, 0.4) is 0 Å². The molecule has 0 amide bonds. The van der Waals surface area contributed by atoms with Crippen molar-refractivity contribution in [1.29, 1.82) is 0 Å². The van der Waals surface area contributed by atoms with E-state index >= 15 is 0 Å². The number of carbonyl (C=O) groups is 1. The molecule has 0 fully saturated rings. The van der Waals surface area contributed by atoms with Gasteiger partial charge in [0.25, 0.3) is 0 Å². The molecule has 0 N–H and O–H groups in total. The smallest absolute Gasteiger partial charge is 0.303 e. The summed E-state index contributed by atoms with van der Waals surface area (Å²) in [4.78, 5) is 10.6. The van der Waals surface area contributed by atoms with Gasteiger partial charge in [0, 0.05) is 6.92 Å². The summed E-state index contributed by atoms with van der Waals surface area (Å²) in [5.41, 5.74) is 0. The molecule has 0 aliphatic carbocycles. The Balaban J connectivity index is 2.37. The standard InChI is InChI=1S/C10H14O3/c1-3-4-9-5-6-10(7-12-9)13-8(2)11/h3,5-6,9-10H,1,4,7H2,2H3/t9-,10-/m0/s1. The van der Waals surface area contributed by atoms with Crippen LogP contribution in [0.1, 0.15) is 13.3 Å². The Morgan fingerprint density at radius 2 is 2.54 bits per heavy atom. The highest BCUT2D eigenvalue weighted by Gasteiger charge is 2.16. The van der Waals surface area contributed by atoms with Crippen molar-refractivity contribution in [2.24, 2.45) is 0 Å². The Hall–Kier alpha value is -1.09. The molecule has 0 saturated heterocycles. The predicted octanol–water partition coefficient (Wildman–Crippen LogP) is 1.45. The molecule has 1 rings (SSSR count). The van der Waals surface area contributed by atoms with E-state index in [-0.39, 0.29) is 18.2 Å². The van der Waals surface area contributed by atoms with Crippen molar-refractivity contribution in [2.45, 2.75) is 25.6 Å². The van der Waals surface area contributed by atoms with Gasteiger partial charge in [-0.3, -0.25) is 4.79 Å². The van der Waals surface area contributed by atoms with Crippen LogP contribution in [0.2, 0.25) is 0 Å². The normalized spacial score (nSPS) is 26.8. The van der Waals surface area contributed by atoms with Crippen LogP contribution in [0.4, 0.5) is 0 Å². The zero-order chi connectivity index (χ0) is 9.68. The molecule has 1 aliphatic heterocycles. The van der Waals surface area contributed by atoms with E-state index in [1.54, 1.807) is 6.08 Å². The topological polar surface area (TPSA) is 35.5 Å². The average Bonchev–Trinajstić information content (AvgIpc) is 2.08. The summed E-state index contributed by atoms with van der Waals surface area (Å²) in [5, 5.41) is 0. The molecule has 0 unspecified atom stereocenters. The van der Waals surface area contributed by atoms with Gasteiger partial charge in [-0.1, -0.05) is 12.2 Å². The number of ether oxygens (including phenoxy) is 2. The van der Waals surface area contributed by atoms with E-state index in [9.17, 15) is 4.79 Å². The number of esters is 1. The van der Waals surface area contributed by atoms with E-state index in [2.05, 4.69) is 6.58 Å². The molecule has 3 heteroatoms. The van der Waals surface area contributed by atoms with E-state index in [0.29, 0.717) is 6.61 Å². The van der Waals surface area contributed by atoms with Crippen LogP contribution in [-0.2, 0) is 14.3 Å². The fourth-order valence-corrected chi connectivity index (χ4v) is 1.17. The quantitative estimate of drug-likeness (QED) is 0.489. The molecule has 0 spiro atoms. The fourth-order valence-electron chi connectivity index (χ4n) is 1.17. The first-order valence-electron chi connectivity index (χ1n) is 4.30. The summed E-state index contributed by atoms with van der Waals surface area (Å²) in [6.45, 7) is 5.45. The second-order valence-corrected chi connectivity index (χ2v) is 2.93. The summed E-state index contributed by atoms with van der Waals surface area (Å²) in [6.07, 6.45) is 6.23. The van der Waals surface area contributed by atoms with Gasteiger partial charge in [-0.25, -0.2) is 0 Å². The average molecular weight is 182 g/mol. The van der Waals surface area contributed by atoms with Gasteiger partial charge < -0.3 is 9.47 Å². The van der Waals surface area contributed by atoms with Gasteiger partial charge in [0.1, 0.15) is 6.10 Å². The SMILES string of the molecule is C=CC[C@H]1C=C[C@H](OC(C)=O)CO1. The first-order valence-corrected chi connectivity index (χ1v) is 4.30. The van der Waals surface area contributed by atoms with Crippen molar-refractivity contribution in [3.63, 3.8) is 0 Å². The largest absolute Gasteiger partial charge is 0.456 e.